The van der Waals surface area contributed by atoms with Crippen molar-refractivity contribution in [2.24, 2.45) is 11.1 Å². The van der Waals surface area contributed by atoms with E-state index in [-0.39, 0.29) is 17.6 Å². The van der Waals surface area contributed by atoms with Crippen LogP contribution in [0.1, 0.15) is 46.0 Å². The first-order valence-corrected chi connectivity index (χ1v) is 7.25. The van der Waals surface area contributed by atoms with Gasteiger partial charge in [-0.1, -0.05) is 19.8 Å². The van der Waals surface area contributed by atoms with Crippen molar-refractivity contribution < 1.29 is 9.53 Å². The monoisotopic (exact) mass is 254 g/mol. The van der Waals surface area contributed by atoms with E-state index in [9.17, 15) is 4.79 Å². The Morgan fingerprint density at radius 3 is 2.67 bits per heavy atom. The van der Waals surface area contributed by atoms with E-state index in [4.69, 9.17) is 10.5 Å². The Balaban J connectivity index is 2.10. The Morgan fingerprint density at radius 2 is 2.11 bits per heavy atom. The maximum atomic E-state index is 12.9. The molecule has 104 valence electrons. The van der Waals surface area contributed by atoms with Gasteiger partial charge in [-0.2, -0.15) is 0 Å². The molecule has 4 nitrogen and oxygen atoms in total. The maximum Gasteiger partial charge on any atom is 0.229 e. The van der Waals surface area contributed by atoms with Gasteiger partial charge in [0, 0.05) is 18.5 Å². The molecule has 0 aromatic carbocycles. The van der Waals surface area contributed by atoms with Gasteiger partial charge in [-0.3, -0.25) is 4.79 Å². The van der Waals surface area contributed by atoms with Crippen molar-refractivity contribution in [1.82, 2.24) is 4.90 Å². The Labute approximate surface area is 110 Å². The van der Waals surface area contributed by atoms with Crippen LogP contribution in [0.15, 0.2) is 0 Å². The van der Waals surface area contributed by atoms with E-state index in [0.29, 0.717) is 25.6 Å². The van der Waals surface area contributed by atoms with Gasteiger partial charge in [-0.05, 0) is 26.2 Å². The van der Waals surface area contributed by atoms with E-state index in [2.05, 4.69) is 13.8 Å². The van der Waals surface area contributed by atoms with Crippen LogP contribution in [0, 0.1) is 5.41 Å². The molecule has 2 aliphatic rings. The lowest BCUT2D eigenvalue weighted by Crippen LogP contribution is -2.56. The molecule has 1 amide bonds. The topological polar surface area (TPSA) is 55.6 Å². The molecule has 2 unspecified atom stereocenters. The van der Waals surface area contributed by atoms with Crippen LogP contribution in [0.5, 0.6) is 0 Å². The second-order valence-electron chi connectivity index (χ2n) is 5.84. The fraction of sp³-hybridized carbons (Fsp3) is 0.929. The number of hydrogen-bond donors (Lipinski definition) is 1. The summed E-state index contributed by atoms with van der Waals surface area (Å²) in [6, 6.07) is 0.185. The van der Waals surface area contributed by atoms with E-state index in [1.165, 1.54) is 12.8 Å². The number of rotatable bonds is 3. The van der Waals surface area contributed by atoms with Crippen molar-refractivity contribution in [1.29, 1.82) is 0 Å². The number of amides is 1. The number of nitrogens with zero attached hydrogens (tertiary/aromatic N) is 1. The summed E-state index contributed by atoms with van der Waals surface area (Å²) in [5.74, 6) is 0.344. The number of carbonyl (C=O) groups is 1. The Morgan fingerprint density at radius 1 is 1.44 bits per heavy atom. The maximum absolute atomic E-state index is 12.9. The second kappa shape index (κ2) is 5.57. The molecule has 2 rings (SSSR count). The predicted molar refractivity (Wildman–Crippen MR) is 71.2 cm³/mol. The van der Waals surface area contributed by atoms with Gasteiger partial charge >= 0.3 is 0 Å². The summed E-state index contributed by atoms with van der Waals surface area (Å²) >= 11 is 0. The molecule has 0 aromatic rings. The van der Waals surface area contributed by atoms with E-state index in [0.717, 1.165) is 19.3 Å². The Bertz CT molecular complexity index is 300. The van der Waals surface area contributed by atoms with Crippen LogP contribution in [-0.4, -0.2) is 42.6 Å². The molecule has 1 aliphatic heterocycles. The summed E-state index contributed by atoms with van der Waals surface area (Å²) in [6.45, 7) is 6.00. The zero-order chi connectivity index (χ0) is 13.2. The van der Waals surface area contributed by atoms with Crippen molar-refractivity contribution in [3.05, 3.63) is 0 Å². The molecule has 2 fully saturated rings. The number of morpholine rings is 1. The molecule has 0 spiro atoms. The molecule has 1 aliphatic carbocycles. The van der Waals surface area contributed by atoms with Gasteiger partial charge in [0.25, 0.3) is 0 Å². The quantitative estimate of drug-likeness (QED) is 0.831. The molecule has 0 bridgehead atoms. The first-order valence-electron chi connectivity index (χ1n) is 7.25. The fourth-order valence-corrected chi connectivity index (χ4v) is 3.32. The molecule has 4 heteroatoms. The lowest BCUT2D eigenvalue weighted by molar-refractivity contribution is -0.154. The molecule has 1 heterocycles. The van der Waals surface area contributed by atoms with Crippen LogP contribution in [0.25, 0.3) is 0 Å². The minimum absolute atomic E-state index is 0.0143. The lowest BCUT2D eigenvalue weighted by Gasteiger charge is -2.42. The SMILES string of the molecule is CCC1(C(=O)N2CC(CN)OCC2C)CCCC1. The predicted octanol–water partition coefficient (Wildman–Crippen LogP) is 1.53. The van der Waals surface area contributed by atoms with Gasteiger partial charge in [0.1, 0.15) is 0 Å². The van der Waals surface area contributed by atoms with Gasteiger partial charge < -0.3 is 15.4 Å². The van der Waals surface area contributed by atoms with Crippen molar-refractivity contribution in [2.45, 2.75) is 58.1 Å². The fourth-order valence-electron chi connectivity index (χ4n) is 3.32. The molecule has 18 heavy (non-hydrogen) atoms. The normalized spacial score (nSPS) is 31.6. The smallest absolute Gasteiger partial charge is 0.229 e. The Hall–Kier alpha value is -0.610. The van der Waals surface area contributed by atoms with Gasteiger partial charge in [0.15, 0.2) is 0 Å². The van der Waals surface area contributed by atoms with Crippen LogP contribution in [-0.2, 0) is 9.53 Å². The molecule has 0 aromatic heterocycles. The first kappa shape index (κ1) is 13.8. The van der Waals surface area contributed by atoms with E-state index >= 15 is 0 Å². The average molecular weight is 254 g/mol. The first-order chi connectivity index (χ1) is 8.63. The highest BCUT2D eigenvalue weighted by Gasteiger charge is 2.44. The molecule has 0 radical (unpaired) electrons. The average Bonchev–Trinajstić information content (AvgIpc) is 2.88. The van der Waals surface area contributed by atoms with Crippen molar-refractivity contribution in [3.63, 3.8) is 0 Å². The summed E-state index contributed by atoms with van der Waals surface area (Å²) in [6.07, 6.45) is 5.47. The minimum Gasteiger partial charge on any atom is -0.373 e. The summed E-state index contributed by atoms with van der Waals surface area (Å²) in [5.41, 5.74) is 5.57. The largest absolute Gasteiger partial charge is 0.373 e. The lowest BCUT2D eigenvalue weighted by atomic mass is 9.81. The van der Waals surface area contributed by atoms with Gasteiger partial charge in [0.2, 0.25) is 5.91 Å². The van der Waals surface area contributed by atoms with Gasteiger partial charge in [-0.25, -0.2) is 0 Å². The number of carbonyl (C=O) groups excluding carboxylic acids is 1. The zero-order valence-electron chi connectivity index (χ0n) is 11.7. The number of nitrogens with two attached hydrogens (primary N) is 1. The molecular formula is C14H26N2O2. The third kappa shape index (κ3) is 2.41. The van der Waals surface area contributed by atoms with Crippen LogP contribution in [0.2, 0.25) is 0 Å². The van der Waals surface area contributed by atoms with Gasteiger partial charge in [-0.15, -0.1) is 0 Å². The van der Waals surface area contributed by atoms with Crippen LogP contribution in [0.4, 0.5) is 0 Å². The standard InChI is InChI=1S/C14H26N2O2/c1-3-14(6-4-5-7-14)13(17)16-9-12(8-15)18-10-11(16)2/h11-12H,3-10,15H2,1-2H3. The molecule has 2 N–H and O–H groups in total. The highest BCUT2D eigenvalue weighted by Crippen LogP contribution is 2.43. The van der Waals surface area contributed by atoms with Gasteiger partial charge in [0.05, 0.1) is 18.8 Å². The summed E-state index contributed by atoms with van der Waals surface area (Å²) in [4.78, 5) is 14.9. The summed E-state index contributed by atoms with van der Waals surface area (Å²) in [7, 11) is 0. The molecule has 2 atom stereocenters. The van der Waals surface area contributed by atoms with Crippen LogP contribution < -0.4 is 5.73 Å². The third-order valence-electron chi connectivity index (χ3n) is 4.72. The number of ether oxygens (including phenoxy) is 1. The highest BCUT2D eigenvalue weighted by atomic mass is 16.5. The molecule has 1 saturated heterocycles. The van der Waals surface area contributed by atoms with Crippen molar-refractivity contribution in [3.8, 4) is 0 Å². The Kier molecular flexibility index (Phi) is 4.28. The second-order valence-corrected chi connectivity index (χ2v) is 5.84. The third-order valence-corrected chi connectivity index (χ3v) is 4.72. The summed E-state index contributed by atoms with van der Waals surface area (Å²) < 4.78 is 5.63. The van der Waals surface area contributed by atoms with E-state index < -0.39 is 0 Å². The zero-order valence-corrected chi connectivity index (χ0v) is 11.7. The van der Waals surface area contributed by atoms with Crippen molar-refractivity contribution in [2.75, 3.05) is 19.7 Å². The molecular weight excluding hydrogens is 228 g/mol. The van der Waals surface area contributed by atoms with E-state index in [1.807, 2.05) is 4.90 Å². The van der Waals surface area contributed by atoms with Crippen LogP contribution in [0.3, 0.4) is 0 Å². The minimum atomic E-state index is -0.0925. The summed E-state index contributed by atoms with van der Waals surface area (Å²) in [5, 5.41) is 0. The molecule has 1 saturated carbocycles. The van der Waals surface area contributed by atoms with Crippen LogP contribution >= 0.6 is 0 Å². The number of hydrogen-bond acceptors (Lipinski definition) is 3. The highest BCUT2D eigenvalue weighted by molar-refractivity contribution is 5.83. The van der Waals surface area contributed by atoms with Crippen molar-refractivity contribution >= 4 is 5.91 Å². The van der Waals surface area contributed by atoms with E-state index in [1.54, 1.807) is 0 Å².